The van der Waals surface area contributed by atoms with E-state index in [-0.39, 0.29) is 18.1 Å². The number of nitrogens with two attached hydrogens (primary N) is 1. The normalized spacial score (nSPS) is 21.8. The summed E-state index contributed by atoms with van der Waals surface area (Å²) >= 11 is 0. The Kier molecular flexibility index (Phi) is 3.94. The fraction of sp³-hybridized carbons (Fsp3) is 0.429. The average molecular weight is 278 g/mol. The molecule has 0 aromatic heterocycles. The summed E-state index contributed by atoms with van der Waals surface area (Å²) in [6, 6.07) is 6.51. The van der Waals surface area contributed by atoms with E-state index in [0.29, 0.717) is 25.3 Å². The standard InChI is InChI=1S/C14H18N2O4/c1-14(19)6-7-16(9-14)12(17)8-20-11-5-3-2-4-10(11)13(15)18/h2-5,19H,6-9H2,1H3,(H2,15,18). The highest BCUT2D eigenvalue weighted by Gasteiger charge is 2.34. The lowest BCUT2D eigenvalue weighted by Crippen LogP contribution is -2.36. The van der Waals surface area contributed by atoms with E-state index >= 15 is 0 Å². The van der Waals surface area contributed by atoms with E-state index in [1.165, 1.54) is 0 Å². The van der Waals surface area contributed by atoms with Gasteiger partial charge in [0, 0.05) is 13.1 Å². The number of amides is 2. The molecule has 1 aromatic carbocycles. The van der Waals surface area contributed by atoms with Gasteiger partial charge >= 0.3 is 0 Å². The zero-order valence-corrected chi connectivity index (χ0v) is 11.3. The van der Waals surface area contributed by atoms with E-state index in [9.17, 15) is 14.7 Å². The van der Waals surface area contributed by atoms with Gasteiger partial charge in [-0.05, 0) is 25.5 Å². The first kappa shape index (κ1) is 14.3. The zero-order valence-electron chi connectivity index (χ0n) is 11.3. The fourth-order valence-corrected chi connectivity index (χ4v) is 2.18. The van der Waals surface area contributed by atoms with Crippen molar-refractivity contribution in [3.8, 4) is 5.75 Å². The zero-order chi connectivity index (χ0) is 14.8. The third kappa shape index (κ3) is 3.27. The lowest BCUT2D eigenvalue weighted by atomic mass is 10.1. The molecule has 6 heteroatoms. The number of para-hydroxylation sites is 1. The van der Waals surface area contributed by atoms with Crippen molar-refractivity contribution in [1.82, 2.24) is 4.90 Å². The first-order valence-corrected chi connectivity index (χ1v) is 6.41. The van der Waals surface area contributed by atoms with E-state index in [1.54, 1.807) is 36.1 Å². The Morgan fingerprint density at radius 3 is 2.75 bits per heavy atom. The number of rotatable bonds is 4. The van der Waals surface area contributed by atoms with Gasteiger partial charge in [-0.1, -0.05) is 12.1 Å². The van der Waals surface area contributed by atoms with E-state index in [1.807, 2.05) is 0 Å². The van der Waals surface area contributed by atoms with Gasteiger partial charge in [-0.3, -0.25) is 9.59 Å². The highest BCUT2D eigenvalue weighted by atomic mass is 16.5. The highest BCUT2D eigenvalue weighted by Crippen LogP contribution is 2.21. The molecule has 0 saturated carbocycles. The Balaban J connectivity index is 1.96. The molecule has 1 aromatic rings. The molecule has 20 heavy (non-hydrogen) atoms. The molecule has 1 unspecified atom stereocenters. The smallest absolute Gasteiger partial charge is 0.260 e. The van der Waals surface area contributed by atoms with Crippen LogP contribution in [0.3, 0.4) is 0 Å². The van der Waals surface area contributed by atoms with Gasteiger partial charge in [-0.25, -0.2) is 0 Å². The second-order valence-electron chi connectivity index (χ2n) is 5.21. The lowest BCUT2D eigenvalue weighted by Gasteiger charge is -2.19. The summed E-state index contributed by atoms with van der Waals surface area (Å²) in [4.78, 5) is 24.7. The van der Waals surface area contributed by atoms with Crippen LogP contribution < -0.4 is 10.5 Å². The Labute approximate surface area is 117 Å². The fourth-order valence-electron chi connectivity index (χ4n) is 2.18. The van der Waals surface area contributed by atoms with Crippen LogP contribution >= 0.6 is 0 Å². The lowest BCUT2D eigenvalue weighted by molar-refractivity contribution is -0.133. The van der Waals surface area contributed by atoms with Crippen LogP contribution in [-0.4, -0.2) is 47.1 Å². The van der Waals surface area contributed by atoms with Crippen molar-refractivity contribution in [2.75, 3.05) is 19.7 Å². The van der Waals surface area contributed by atoms with E-state index < -0.39 is 11.5 Å². The Hall–Kier alpha value is -2.08. The van der Waals surface area contributed by atoms with Gasteiger partial charge in [0.25, 0.3) is 11.8 Å². The number of hydrogen-bond acceptors (Lipinski definition) is 4. The first-order valence-electron chi connectivity index (χ1n) is 6.41. The van der Waals surface area contributed by atoms with Crippen LogP contribution in [0.25, 0.3) is 0 Å². The summed E-state index contributed by atoms with van der Waals surface area (Å²) in [5.74, 6) is -0.529. The summed E-state index contributed by atoms with van der Waals surface area (Å²) in [5.41, 5.74) is 4.64. The summed E-state index contributed by atoms with van der Waals surface area (Å²) < 4.78 is 5.37. The van der Waals surface area contributed by atoms with Gasteiger partial charge in [0.1, 0.15) is 5.75 Å². The van der Waals surface area contributed by atoms with Crippen molar-refractivity contribution in [1.29, 1.82) is 0 Å². The van der Waals surface area contributed by atoms with Crippen molar-refractivity contribution in [3.05, 3.63) is 29.8 Å². The monoisotopic (exact) mass is 278 g/mol. The van der Waals surface area contributed by atoms with Crippen molar-refractivity contribution in [2.24, 2.45) is 5.73 Å². The molecule has 0 spiro atoms. The molecule has 1 heterocycles. The van der Waals surface area contributed by atoms with Crippen molar-refractivity contribution in [2.45, 2.75) is 18.9 Å². The number of benzene rings is 1. The van der Waals surface area contributed by atoms with E-state index in [2.05, 4.69) is 0 Å². The molecule has 0 aliphatic carbocycles. The predicted octanol–water partition coefficient (Wildman–Crippen LogP) is 0.148. The number of β-amino-alcohol motifs (C(OH)–C–C–N with tert-alkyl or cyclic N) is 1. The molecule has 108 valence electrons. The molecule has 1 saturated heterocycles. The molecule has 2 amide bonds. The van der Waals surface area contributed by atoms with Crippen molar-refractivity contribution >= 4 is 11.8 Å². The minimum atomic E-state index is -0.833. The SMILES string of the molecule is CC1(O)CCN(C(=O)COc2ccccc2C(N)=O)C1. The van der Waals surface area contributed by atoms with Gasteiger partial charge < -0.3 is 20.5 Å². The largest absolute Gasteiger partial charge is 0.483 e. The first-order chi connectivity index (χ1) is 9.39. The number of aliphatic hydroxyl groups is 1. The van der Waals surface area contributed by atoms with E-state index in [0.717, 1.165) is 0 Å². The van der Waals surface area contributed by atoms with E-state index in [4.69, 9.17) is 10.5 Å². The highest BCUT2D eigenvalue weighted by molar-refractivity contribution is 5.95. The van der Waals surface area contributed by atoms with Crippen LogP contribution in [-0.2, 0) is 4.79 Å². The number of primary amides is 1. The predicted molar refractivity (Wildman–Crippen MR) is 72.3 cm³/mol. The van der Waals surface area contributed by atoms with Gasteiger partial charge in [-0.15, -0.1) is 0 Å². The van der Waals surface area contributed by atoms with Gasteiger partial charge in [0.2, 0.25) is 0 Å². The maximum atomic E-state index is 12.0. The van der Waals surface area contributed by atoms with Crippen LogP contribution in [0, 0.1) is 0 Å². The minimum absolute atomic E-state index is 0.180. The number of nitrogens with zero attached hydrogens (tertiary/aromatic N) is 1. The molecular weight excluding hydrogens is 260 g/mol. The molecule has 1 aliphatic heterocycles. The van der Waals surface area contributed by atoms with Crippen molar-refractivity contribution in [3.63, 3.8) is 0 Å². The van der Waals surface area contributed by atoms with Gasteiger partial charge in [0.15, 0.2) is 6.61 Å². The molecule has 1 atom stereocenters. The Bertz CT molecular complexity index is 528. The van der Waals surface area contributed by atoms with Crippen LogP contribution in [0.4, 0.5) is 0 Å². The summed E-state index contributed by atoms with van der Waals surface area (Å²) in [7, 11) is 0. The minimum Gasteiger partial charge on any atom is -0.483 e. The summed E-state index contributed by atoms with van der Waals surface area (Å²) in [6.07, 6.45) is 0.552. The Morgan fingerprint density at radius 2 is 2.15 bits per heavy atom. The Morgan fingerprint density at radius 1 is 1.45 bits per heavy atom. The summed E-state index contributed by atoms with van der Waals surface area (Å²) in [5, 5.41) is 9.82. The molecule has 0 radical (unpaired) electrons. The number of hydrogen-bond donors (Lipinski definition) is 2. The molecule has 0 bridgehead atoms. The average Bonchev–Trinajstić information content (AvgIpc) is 2.76. The number of carbonyl (C=O) groups excluding carboxylic acids is 2. The summed E-state index contributed by atoms with van der Waals surface area (Å²) in [6.45, 7) is 2.32. The maximum absolute atomic E-state index is 12.0. The van der Waals surface area contributed by atoms with Crippen LogP contribution in [0.5, 0.6) is 5.75 Å². The third-order valence-corrected chi connectivity index (χ3v) is 3.31. The topological polar surface area (TPSA) is 92.9 Å². The molecule has 6 nitrogen and oxygen atoms in total. The molecular formula is C14H18N2O4. The quantitative estimate of drug-likeness (QED) is 0.819. The van der Waals surface area contributed by atoms with Crippen LogP contribution in [0.15, 0.2) is 24.3 Å². The number of carbonyl (C=O) groups is 2. The molecule has 1 aliphatic rings. The van der Waals surface area contributed by atoms with Crippen molar-refractivity contribution < 1.29 is 19.4 Å². The number of ether oxygens (including phenoxy) is 1. The van der Waals surface area contributed by atoms with Gasteiger partial charge in [-0.2, -0.15) is 0 Å². The second kappa shape index (κ2) is 5.50. The molecule has 1 fully saturated rings. The number of likely N-dealkylation sites (tertiary alicyclic amines) is 1. The third-order valence-electron chi connectivity index (χ3n) is 3.31. The van der Waals surface area contributed by atoms with Crippen LogP contribution in [0.2, 0.25) is 0 Å². The van der Waals surface area contributed by atoms with Crippen LogP contribution in [0.1, 0.15) is 23.7 Å². The maximum Gasteiger partial charge on any atom is 0.260 e. The second-order valence-corrected chi connectivity index (χ2v) is 5.21. The molecule has 3 N–H and O–H groups in total. The van der Waals surface area contributed by atoms with Gasteiger partial charge in [0.05, 0.1) is 11.2 Å². The molecule has 2 rings (SSSR count).